The van der Waals surface area contributed by atoms with E-state index in [-0.39, 0.29) is 0 Å². The Morgan fingerprint density at radius 2 is 2.11 bits per heavy atom. The van der Waals surface area contributed by atoms with Crippen LogP contribution in [0.4, 0.5) is 0 Å². The van der Waals surface area contributed by atoms with Gasteiger partial charge >= 0.3 is 7.82 Å². The molecule has 1 atom stereocenters. The van der Waals surface area contributed by atoms with Gasteiger partial charge in [-0.1, -0.05) is 0 Å². The molecule has 6 heteroatoms. The highest BCUT2D eigenvalue weighted by atomic mass is 31.2. The van der Waals surface area contributed by atoms with Crippen molar-refractivity contribution in [1.82, 2.24) is 0 Å². The molecule has 0 saturated carbocycles. The molecular formula is C3H8O5P. The van der Waals surface area contributed by atoms with Crippen molar-refractivity contribution >= 4 is 7.82 Å². The van der Waals surface area contributed by atoms with Gasteiger partial charge in [-0.3, -0.25) is 4.52 Å². The summed E-state index contributed by atoms with van der Waals surface area (Å²) < 4.78 is 13.8. The number of aliphatic hydroxyl groups is 1. The Morgan fingerprint density at radius 3 is 2.22 bits per heavy atom. The van der Waals surface area contributed by atoms with Crippen molar-refractivity contribution in [3.8, 4) is 0 Å². The summed E-state index contributed by atoms with van der Waals surface area (Å²) in [7, 11) is -4.46. The summed E-state index contributed by atoms with van der Waals surface area (Å²) in [5.41, 5.74) is 0. The minimum atomic E-state index is -4.46. The van der Waals surface area contributed by atoms with E-state index in [9.17, 15) is 4.57 Å². The van der Waals surface area contributed by atoms with Crippen LogP contribution in [0.3, 0.4) is 0 Å². The molecule has 0 amide bonds. The molecule has 0 rings (SSSR count). The van der Waals surface area contributed by atoms with E-state index in [4.69, 9.17) is 14.9 Å². The SMILES string of the molecule is [CH2]C(CO)OP(=O)(O)O. The number of rotatable bonds is 3. The van der Waals surface area contributed by atoms with Crippen LogP contribution < -0.4 is 0 Å². The van der Waals surface area contributed by atoms with Gasteiger partial charge in [-0.05, 0) is 6.92 Å². The number of phosphoric acid groups is 1. The van der Waals surface area contributed by atoms with E-state index in [1.54, 1.807) is 0 Å². The van der Waals surface area contributed by atoms with Crippen LogP contribution in [0.2, 0.25) is 0 Å². The predicted molar refractivity (Wildman–Crippen MR) is 29.4 cm³/mol. The third-order valence-electron chi connectivity index (χ3n) is 0.490. The molecule has 1 unspecified atom stereocenters. The lowest BCUT2D eigenvalue weighted by Gasteiger charge is -2.08. The van der Waals surface area contributed by atoms with E-state index < -0.39 is 20.5 Å². The Hall–Kier alpha value is 0.0700. The van der Waals surface area contributed by atoms with Gasteiger partial charge in [0, 0.05) is 0 Å². The molecule has 1 radical (unpaired) electrons. The zero-order valence-electron chi connectivity index (χ0n) is 4.60. The summed E-state index contributed by atoms with van der Waals surface area (Å²) in [6, 6.07) is 0. The van der Waals surface area contributed by atoms with E-state index in [1.807, 2.05) is 0 Å². The summed E-state index contributed by atoms with van der Waals surface area (Å²) in [5.74, 6) is 0. The maximum Gasteiger partial charge on any atom is 0.469 e. The van der Waals surface area contributed by atoms with Crippen LogP contribution in [-0.4, -0.2) is 27.6 Å². The average Bonchev–Trinajstić information content (AvgIpc) is 1.62. The lowest BCUT2D eigenvalue weighted by atomic mass is 10.5. The molecule has 0 aromatic rings. The van der Waals surface area contributed by atoms with Crippen LogP contribution in [0.1, 0.15) is 0 Å². The Balaban J connectivity index is 3.60. The van der Waals surface area contributed by atoms with Gasteiger partial charge in [-0.25, -0.2) is 4.57 Å². The van der Waals surface area contributed by atoms with Gasteiger partial charge in [-0.15, -0.1) is 0 Å². The van der Waals surface area contributed by atoms with Crippen LogP contribution >= 0.6 is 7.82 Å². The number of aliphatic hydroxyl groups excluding tert-OH is 1. The Labute approximate surface area is 52.5 Å². The quantitative estimate of drug-likeness (QED) is 0.468. The molecule has 0 spiro atoms. The second kappa shape index (κ2) is 3.29. The summed E-state index contributed by atoms with van der Waals surface area (Å²) in [4.78, 5) is 16.1. The first-order chi connectivity index (χ1) is 3.95. The van der Waals surface area contributed by atoms with Gasteiger partial charge in [0.1, 0.15) is 0 Å². The monoisotopic (exact) mass is 155 g/mol. The first kappa shape index (κ1) is 9.07. The van der Waals surface area contributed by atoms with Gasteiger partial charge in [-0.2, -0.15) is 0 Å². The fourth-order valence-corrected chi connectivity index (χ4v) is 0.683. The third-order valence-corrected chi connectivity index (χ3v) is 1.06. The lowest BCUT2D eigenvalue weighted by Crippen LogP contribution is -2.11. The Morgan fingerprint density at radius 1 is 1.67 bits per heavy atom. The lowest BCUT2D eigenvalue weighted by molar-refractivity contribution is 0.107. The topological polar surface area (TPSA) is 87.0 Å². The number of hydrogen-bond donors (Lipinski definition) is 3. The van der Waals surface area contributed by atoms with E-state index in [0.717, 1.165) is 0 Å². The fourth-order valence-electron chi connectivity index (χ4n) is 0.228. The van der Waals surface area contributed by atoms with Crippen molar-refractivity contribution in [2.75, 3.05) is 6.61 Å². The fraction of sp³-hybridized carbons (Fsp3) is 0.667. The summed E-state index contributed by atoms with van der Waals surface area (Å²) >= 11 is 0. The molecular weight excluding hydrogens is 147 g/mol. The van der Waals surface area contributed by atoms with E-state index in [0.29, 0.717) is 0 Å². The van der Waals surface area contributed by atoms with Crippen molar-refractivity contribution in [2.45, 2.75) is 6.10 Å². The normalized spacial score (nSPS) is 15.6. The van der Waals surface area contributed by atoms with Gasteiger partial charge in [0.25, 0.3) is 0 Å². The van der Waals surface area contributed by atoms with Gasteiger partial charge in [0.05, 0.1) is 12.7 Å². The smallest absolute Gasteiger partial charge is 0.394 e. The Bertz CT molecular complexity index is 117. The van der Waals surface area contributed by atoms with Gasteiger partial charge in [0.15, 0.2) is 0 Å². The minimum absolute atomic E-state index is 0.509. The molecule has 0 heterocycles. The third kappa shape index (κ3) is 5.95. The highest BCUT2D eigenvalue weighted by molar-refractivity contribution is 7.46. The zero-order chi connectivity index (χ0) is 7.49. The number of phosphoric ester groups is 1. The molecule has 0 aromatic carbocycles. The number of hydrogen-bond acceptors (Lipinski definition) is 3. The first-order valence-corrected chi connectivity index (χ1v) is 3.66. The molecule has 0 aliphatic rings. The molecule has 0 aliphatic heterocycles. The van der Waals surface area contributed by atoms with E-state index in [1.165, 1.54) is 0 Å². The minimum Gasteiger partial charge on any atom is -0.394 e. The van der Waals surface area contributed by atoms with Crippen LogP contribution in [0, 0.1) is 6.92 Å². The van der Waals surface area contributed by atoms with Crippen LogP contribution in [0.25, 0.3) is 0 Å². The largest absolute Gasteiger partial charge is 0.469 e. The highest BCUT2D eigenvalue weighted by Crippen LogP contribution is 2.37. The molecule has 3 N–H and O–H groups in total. The summed E-state index contributed by atoms with van der Waals surface area (Å²) in [6.45, 7) is 2.57. The van der Waals surface area contributed by atoms with Crippen molar-refractivity contribution in [1.29, 1.82) is 0 Å². The molecule has 5 nitrogen and oxygen atoms in total. The maximum atomic E-state index is 9.92. The summed E-state index contributed by atoms with van der Waals surface area (Å²) in [5, 5.41) is 8.17. The zero-order valence-corrected chi connectivity index (χ0v) is 5.49. The predicted octanol–water partition coefficient (Wildman–Crippen LogP) is -0.709. The average molecular weight is 155 g/mol. The van der Waals surface area contributed by atoms with Crippen LogP contribution in [-0.2, 0) is 9.09 Å². The molecule has 0 bridgehead atoms. The van der Waals surface area contributed by atoms with Gasteiger partial charge < -0.3 is 14.9 Å². The van der Waals surface area contributed by atoms with E-state index in [2.05, 4.69) is 11.4 Å². The van der Waals surface area contributed by atoms with Crippen molar-refractivity contribution in [3.63, 3.8) is 0 Å². The second-order valence-electron chi connectivity index (χ2n) is 1.40. The molecule has 0 aromatic heterocycles. The first-order valence-electron chi connectivity index (χ1n) is 2.13. The van der Waals surface area contributed by atoms with Crippen molar-refractivity contribution in [2.24, 2.45) is 0 Å². The molecule has 0 aliphatic carbocycles. The summed E-state index contributed by atoms with van der Waals surface area (Å²) in [6.07, 6.45) is -1.06. The molecule has 9 heavy (non-hydrogen) atoms. The van der Waals surface area contributed by atoms with E-state index >= 15 is 0 Å². The second-order valence-corrected chi connectivity index (χ2v) is 2.59. The van der Waals surface area contributed by atoms with Crippen LogP contribution in [0.5, 0.6) is 0 Å². The molecule has 0 saturated heterocycles. The van der Waals surface area contributed by atoms with Crippen molar-refractivity contribution in [3.05, 3.63) is 6.92 Å². The standard InChI is InChI=1S/C3H8O5P/c1-3(2-4)8-9(5,6)7/h3-4H,1-2H2,(H2,5,6,7). The van der Waals surface area contributed by atoms with Crippen molar-refractivity contribution < 1.29 is 24.0 Å². The van der Waals surface area contributed by atoms with Gasteiger partial charge in [0.2, 0.25) is 0 Å². The van der Waals surface area contributed by atoms with Crippen LogP contribution in [0.15, 0.2) is 0 Å². The Kier molecular flexibility index (Phi) is 3.32. The molecule has 55 valence electrons. The maximum absolute atomic E-state index is 9.92. The highest BCUT2D eigenvalue weighted by Gasteiger charge is 2.17. The molecule has 0 fully saturated rings.